The van der Waals surface area contributed by atoms with Gasteiger partial charge in [0.1, 0.15) is 0 Å². The summed E-state index contributed by atoms with van der Waals surface area (Å²) in [5.74, 6) is -0.803. The van der Waals surface area contributed by atoms with Crippen molar-refractivity contribution in [2.75, 3.05) is 20.3 Å². The van der Waals surface area contributed by atoms with E-state index in [9.17, 15) is 9.59 Å². The number of carboxylic acids is 1. The van der Waals surface area contributed by atoms with Crippen molar-refractivity contribution in [3.05, 3.63) is 0 Å². The number of carboxylic acid groups (broad SMARTS) is 1. The summed E-state index contributed by atoms with van der Waals surface area (Å²) in [6.45, 7) is 6.82. The zero-order valence-corrected chi connectivity index (χ0v) is 12.3. The van der Waals surface area contributed by atoms with E-state index in [1.54, 1.807) is 12.0 Å². The molecule has 0 aromatic rings. The van der Waals surface area contributed by atoms with Gasteiger partial charge in [-0.15, -0.1) is 0 Å². The van der Waals surface area contributed by atoms with Gasteiger partial charge in [-0.25, -0.2) is 4.79 Å². The number of hydrogen-bond acceptors (Lipinski definition) is 3. The molecule has 2 amide bonds. The molecule has 0 fully saturated rings. The van der Waals surface area contributed by atoms with Crippen LogP contribution in [0.4, 0.5) is 4.79 Å². The van der Waals surface area contributed by atoms with Crippen LogP contribution in [0.5, 0.6) is 0 Å². The van der Waals surface area contributed by atoms with Gasteiger partial charge >= 0.3 is 12.0 Å². The summed E-state index contributed by atoms with van der Waals surface area (Å²) in [6, 6.07) is -0.0631. The summed E-state index contributed by atoms with van der Waals surface area (Å²) in [6.07, 6.45) is 1.36. The maximum atomic E-state index is 12.0. The summed E-state index contributed by atoms with van der Waals surface area (Å²) < 4.78 is 4.98. The Labute approximate surface area is 115 Å². The minimum atomic E-state index is -0.803. The Balaban J connectivity index is 4.11. The third kappa shape index (κ3) is 8.42. The van der Waals surface area contributed by atoms with Crippen LogP contribution >= 0.6 is 0 Å². The molecule has 0 aromatic heterocycles. The number of urea groups is 1. The van der Waals surface area contributed by atoms with Crippen molar-refractivity contribution >= 4 is 12.0 Å². The van der Waals surface area contributed by atoms with E-state index in [-0.39, 0.29) is 24.5 Å². The van der Waals surface area contributed by atoms with Gasteiger partial charge in [0.2, 0.25) is 0 Å². The summed E-state index contributed by atoms with van der Waals surface area (Å²) in [4.78, 5) is 24.2. The standard InChI is InChI=1S/C13H26N2O4/c1-10(2)15(8-9-19-4)13(18)14-11(3)6-5-7-12(16)17/h10-11H,5-9H2,1-4H3,(H,14,18)(H,16,17). The maximum absolute atomic E-state index is 12.0. The number of amides is 2. The van der Waals surface area contributed by atoms with Crippen LogP contribution in [0.2, 0.25) is 0 Å². The zero-order chi connectivity index (χ0) is 14.8. The average molecular weight is 274 g/mol. The summed E-state index contributed by atoms with van der Waals surface area (Å²) in [7, 11) is 1.60. The van der Waals surface area contributed by atoms with Crippen molar-refractivity contribution in [2.45, 2.75) is 52.1 Å². The predicted molar refractivity (Wildman–Crippen MR) is 73.2 cm³/mol. The van der Waals surface area contributed by atoms with E-state index in [4.69, 9.17) is 9.84 Å². The lowest BCUT2D eigenvalue weighted by atomic mass is 10.1. The van der Waals surface area contributed by atoms with E-state index >= 15 is 0 Å². The second-order valence-electron chi connectivity index (χ2n) is 4.92. The third-order valence-corrected chi connectivity index (χ3v) is 2.82. The lowest BCUT2D eigenvalue weighted by Crippen LogP contribution is -2.48. The van der Waals surface area contributed by atoms with E-state index in [1.807, 2.05) is 20.8 Å². The molecule has 0 rings (SSSR count). The Kier molecular flexibility index (Phi) is 8.95. The monoisotopic (exact) mass is 274 g/mol. The van der Waals surface area contributed by atoms with Crippen molar-refractivity contribution in [3.63, 3.8) is 0 Å². The number of nitrogens with one attached hydrogen (secondary N) is 1. The van der Waals surface area contributed by atoms with E-state index in [2.05, 4.69) is 5.32 Å². The minimum absolute atomic E-state index is 0.0318. The molecule has 0 saturated carbocycles. The first kappa shape index (κ1) is 17.7. The first-order valence-electron chi connectivity index (χ1n) is 6.66. The first-order valence-corrected chi connectivity index (χ1v) is 6.66. The predicted octanol–water partition coefficient (Wildman–Crippen LogP) is 1.70. The molecule has 0 aliphatic carbocycles. The molecule has 0 aliphatic heterocycles. The zero-order valence-electron chi connectivity index (χ0n) is 12.3. The maximum Gasteiger partial charge on any atom is 0.317 e. The number of hydrogen-bond donors (Lipinski definition) is 2. The number of nitrogens with zero attached hydrogens (tertiary/aromatic N) is 1. The Bertz CT molecular complexity index is 282. The van der Waals surface area contributed by atoms with Gasteiger partial charge in [-0.2, -0.15) is 0 Å². The quantitative estimate of drug-likeness (QED) is 0.670. The van der Waals surface area contributed by atoms with Crippen molar-refractivity contribution in [1.82, 2.24) is 10.2 Å². The van der Waals surface area contributed by atoms with Crippen LogP contribution in [-0.2, 0) is 9.53 Å². The fourth-order valence-electron chi connectivity index (χ4n) is 1.71. The molecular weight excluding hydrogens is 248 g/mol. The van der Waals surface area contributed by atoms with Gasteiger partial charge in [0, 0.05) is 32.2 Å². The molecule has 19 heavy (non-hydrogen) atoms. The van der Waals surface area contributed by atoms with Crippen molar-refractivity contribution in [3.8, 4) is 0 Å². The normalized spacial score (nSPS) is 12.3. The molecule has 0 heterocycles. The minimum Gasteiger partial charge on any atom is -0.481 e. The van der Waals surface area contributed by atoms with Gasteiger partial charge in [-0.1, -0.05) is 0 Å². The molecule has 1 unspecified atom stereocenters. The van der Waals surface area contributed by atoms with Crippen LogP contribution in [0.3, 0.4) is 0 Å². The molecule has 2 N–H and O–H groups in total. The summed E-state index contributed by atoms with van der Waals surface area (Å²) >= 11 is 0. The molecule has 0 aliphatic rings. The van der Waals surface area contributed by atoms with Crippen LogP contribution in [0.25, 0.3) is 0 Å². The Hall–Kier alpha value is -1.30. The summed E-state index contributed by atoms with van der Waals surface area (Å²) in [5.41, 5.74) is 0. The lowest BCUT2D eigenvalue weighted by Gasteiger charge is -2.28. The third-order valence-electron chi connectivity index (χ3n) is 2.82. The Morgan fingerprint density at radius 1 is 1.32 bits per heavy atom. The molecule has 6 heteroatoms. The molecule has 6 nitrogen and oxygen atoms in total. The van der Waals surface area contributed by atoms with Crippen molar-refractivity contribution in [1.29, 1.82) is 0 Å². The number of aliphatic carboxylic acids is 1. The first-order chi connectivity index (χ1) is 8.88. The fraction of sp³-hybridized carbons (Fsp3) is 0.846. The molecule has 0 bridgehead atoms. The van der Waals surface area contributed by atoms with Gasteiger partial charge in [0.25, 0.3) is 0 Å². The molecular formula is C13H26N2O4. The molecule has 0 aromatic carbocycles. The Morgan fingerprint density at radius 2 is 1.95 bits per heavy atom. The molecule has 0 spiro atoms. The van der Waals surface area contributed by atoms with E-state index < -0.39 is 5.97 Å². The van der Waals surface area contributed by atoms with E-state index in [1.165, 1.54) is 0 Å². The van der Waals surface area contributed by atoms with Crippen molar-refractivity contribution < 1.29 is 19.4 Å². The second-order valence-corrected chi connectivity index (χ2v) is 4.92. The highest BCUT2D eigenvalue weighted by Crippen LogP contribution is 2.04. The second kappa shape index (κ2) is 9.61. The van der Waals surface area contributed by atoms with Gasteiger partial charge in [-0.3, -0.25) is 4.79 Å². The average Bonchev–Trinajstić information content (AvgIpc) is 2.28. The van der Waals surface area contributed by atoms with Crippen LogP contribution in [0.1, 0.15) is 40.0 Å². The molecule has 1 atom stereocenters. The van der Waals surface area contributed by atoms with Gasteiger partial charge in [0.15, 0.2) is 0 Å². The number of rotatable bonds is 9. The molecule has 0 radical (unpaired) electrons. The van der Waals surface area contributed by atoms with Gasteiger partial charge in [0.05, 0.1) is 6.61 Å². The van der Waals surface area contributed by atoms with Crippen LogP contribution in [0.15, 0.2) is 0 Å². The number of methoxy groups -OCH3 is 1. The fourth-order valence-corrected chi connectivity index (χ4v) is 1.71. The number of ether oxygens (including phenoxy) is 1. The molecule has 0 saturated heterocycles. The highest BCUT2D eigenvalue weighted by molar-refractivity contribution is 5.74. The highest BCUT2D eigenvalue weighted by Gasteiger charge is 2.18. The van der Waals surface area contributed by atoms with Crippen LogP contribution in [0, 0.1) is 0 Å². The van der Waals surface area contributed by atoms with E-state index in [0.717, 1.165) is 0 Å². The molecule has 112 valence electrons. The highest BCUT2D eigenvalue weighted by atomic mass is 16.5. The topological polar surface area (TPSA) is 78.9 Å². The van der Waals surface area contributed by atoms with E-state index in [0.29, 0.717) is 26.0 Å². The number of carbonyl (C=O) groups excluding carboxylic acids is 1. The van der Waals surface area contributed by atoms with Gasteiger partial charge < -0.3 is 20.1 Å². The Morgan fingerprint density at radius 3 is 2.42 bits per heavy atom. The summed E-state index contributed by atoms with van der Waals surface area (Å²) in [5, 5.41) is 11.4. The van der Waals surface area contributed by atoms with Crippen LogP contribution in [-0.4, -0.2) is 54.4 Å². The van der Waals surface area contributed by atoms with Gasteiger partial charge in [-0.05, 0) is 33.6 Å². The smallest absolute Gasteiger partial charge is 0.317 e. The lowest BCUT2D eigenvalue weighted by molar-refractivity contribution is -0.137. The largest absolute Gasteiger partial charge is 0.481 e. The SMILES string of the molecule is COCCN(C(=O)NC(C)CCCC(=O)O)C(C)C. The van der Waals surface area contributed by atoms with Crippen molar-refractivity contribution in [2.24, 2.45) is 0 Å². The number of carbonyl (C=O) groups is 2. The van der Waals surface area contributed by atoms with Crippen LogP contribution < -0.4 is 5.32 Å².